The number of rotatable bonds is 7. The van der Waals surface area contributed by atoms with Crippen molar-refractivity contribution in [2.75, 3.05) is 7.05 Å². The normalized spacial score (nSPS) is 21.8. The second kappa shape index (κ2) is 8.33. The number of nitrogens with one attached hydrogen (secondary N) is 2. The summed E-state index contributed by atoms with van der Waals surface area (Å²) < 4.78 is 0. The Labute approximate surface area is 173 Å². The average molecular weight is 396 g/mol. The molecular weight excluding hydrogens is 350 g/mol. The monoisotopic (exact) mass is 395 g/mol. The first-order chi connectivity index (χ1) is 12.4. The zero-order valence-corrected chi connectivity index (χ0v) is 20.2. The van der Waals surface area contributed by atoms with Gasteiger partial charge in [0.05, 0.1) is 0 Å². The number of amides is 2. The van der Waals surface area contributed by atoms with Crippen LogP contribution in [0.1, 0.15) is 94.9 Å². The van der Waals surface area contributed by atoms with Crippen LogP contribution in [0.25, 0.3) is 0 Å². The van der Waals surface area contributed by atoms with Crippen molar-refractivity contribution in [3.8, 4) is 0 Å². The Morgan fingerprint density at radius 1 is 1.07 bits per heavy atom. The van der Waals surface area contributed by atoms with Gasteiger partial charge in [0.25, 0.3) is 0 Å². The molecule has 2 N–H and O–H groups in total. The number of nitrogens with zero attached hydrogens (tertiary/aromatic N) is 1. The second-order valence-electron chi connectivity index (χ2n) is 11.3. The van der Waals surface area contributed by atoms with E-state index in [1.54, 1.807) is 0 Å². The predicted molar refractivity (Wildman–Crippen MR) is 117 cm³/mol. The average Bonchev–Trinajstić information content (AvgIpc) is 2.49. The van der Waals surface area contributed by atoms with E-state index < -0.39 is 5.54 Å². The third-order valence-corrected chi connectivity index (χ3v) is 7.46. The molecule has 5 nitrogen and oxygen atoms in total. The van der Waals surface area contributed by atoms with Gasteiger partial charge < -0.3 is 10.6 Å². The minimum absolute atomic E-state index is 0.0207. The Bertz CT molecular complexity index is 560. The van der Waals surface area contributed by atoms with Crippen molar-refractivity contribution in [3.05, 3.63) is 0 Å². The fourth-order valence-corrected chi connectivity index (χ4v) is 4.16. The predicted octanol–water partition coefficient (Wildman–Crippen LogP) is 4.11. The molecule has 1 aliphatic rings. The van der Waals surface area contributed by atoms with Crippen LogP contribution in [0.4, 0.5) is 0 Å². The van der Waals surface area contributed by atoms with E-state index in [1.807, 2.05) is 27.7 Å². The van der Waals surface area contributed by atoms with Crippen LogP contribution in [-0.2, 0) is 9.59 Å². The van der Waals surface area contributed by atoms with Crippen LogP contribution in [-0.4, -0.2) is 46.4 Å². The molecule has 0 aliphatic carbocycles. The van der Waals surface area contributed by atoms with Gasteiger partial charge in [0.2, 0.25) is 11.8 Å². The van der Waals surface area contributed by atoms with Crippen LogP contribution in [0, 0.1) is 11.3 Å². The van der Waals surface area contributed by atoms with E-state index in [0.29, 0.717) is 6.42 Å². The third-order valence-electron chi connectivity index (χ3n) is 7.46. The zero-order chi connectivity index (χ0) is 22.1. The Morgan fingerprint density at radius 2 is 1.54 bits per heavy atom. The van der Waals surface area contributed by atoms with Crippen LogP contribution in [0.2, 0.25) is 0 Å². The zero-order valence-electron chi connectivity index (χ0n) is 20.2. The topological polar surface area (TPSA) is 61.4 Å². The largest absolute Gasteiger partial charge is 0.353 e. The minimum Gasteiger partial charge on any atom is -0.353 e. The molecule has 1 unspecified atom stereocenters. The minimum atomic E-state index is -0.476. The van der Waals surface area contributed by atoms with Crippen molar-refractivity contribution in [1.82, 2.24) is 15.5 Å². The van der Waals surface area contributed by atoms with E-state index in [1.165, 1.54) is 0 Å². The molecule has 1 heterocycles. The lowest BCUT2D eigenvalue weighted by Crippen LogP contribution is -2.63. The maximum Gasteiger partial charge on any atom is 0.223 e. The van der Waals surface area contributed by atoms with E-state index in [4.69, 9.17) is 0 Å². The lowest BCUT2D eigenvalue weighted by Gasteiger charge is -2.53. The van der Waals surface area contributed by atoms with Gasteiger partial charge in [-0.25, -0.2) is 0 Å². The summed E-state index contributed by atoms with van der Waals surface area (Å²) in [5, 5.41) is 6.45. The van der Waals surface area contributed by atoms with Crippen molar-refractivity contribution in [2.45, 2.75) is 118 Å². The molecule has 164 valence electrons. The molecule has 1 fully saturated rings. The van der Waals surface area contributed by atoms with Crippen molar-refractivity contribution in [1.29, 1.82) is 0 Å². The first-order valence-electron chi connectivity index (χ1n) is 10.8. The smallest absolute Gasteiger partial charge is 0.223 e. The highest BCUT2D eigenvalue weighted by Gasteiger charge is 2.44. The number of piperidine rings is 1. The van der Waals surface area contributed by atoms with E-state index in [2.05, 4.69) is 64.1 Å². The first kappa shape index (κ1) is 24.9. The van der Waals surface area contributed by atoms with Crippen LogP contribution < -0.4 is 10.6 Å². The van der Waals surface area contributed by atoms with Gasteiger partial charge in [-0.15, -0.1) is 0 Å². The summed E-state index contributed by atoms with van der Waals surface area (Å²) in [6.45, 7) is 21.1. The standard InChI is InChI=1S/C23H45N3O2/c1-12-16(2)19(28)25-23(9,10)20(3,4)15-18(27)24-17-13-21(5,6)26(11)22(7,8)14-17/h16-17H,12-15H2,1-11H3,(H,24,27)(H,25,28). The fraction of sp³-hybridized carbons (Fsp3) is 0.913. The van der Waals surface area contributed by atoms with E-state index in [9.17, 15) is 9.59 Å². The highest BCUT2D eigenvalue weighted by molar-refractivity contribution is 5.80. The number of likely N-dealkylation sites (tertiary alicyclic amines) is 1. The Hall–Kier alpha value is -1.10. The molecule has 1 aliphatic heterocycles. The van der Waals surface area contributed by atoms with Gasteiger partial charge in [-0.3, -0.25) is 14.5 Å². The fourth-order valence-electron chi connectivity index (χ4n) is 4.16. The molecule has 0 spiro atoms. The quantitative estimate of drug-likeness (QED) is 0.682. The highest BCUT2D eigenvalue weighted by Crippen LogP contribution is 2.38. The molecule has 2 amide bonds. The number of carbonyl (C=O) groups excluding carboxylic acids is 2. The van der Waals surface area contributed by atoms with Crippen LogP contribution in [0.5, 0.6) is 0 Å². The van der Waals surface area contributed by atoms with Crippen molar-refractivity contribution in [3.63, 3.8) is 0 Å². The second-order valence-corrected chi connectivity index (χ2v) is 11.3. The Kier molecular flexibility index (Phi) is 7.42. The highest BCUT2D eigenvalue weighted by atomic mass is 16.2. The van der Waals surface area contributed by atoms with Gasteiger partial charge in [-0.2, -0.15) is 0 Å². The summed E-state index contributed by atoms with van der Waals surface area (Å²) in [4.78, 5) is 27.7. The maximum absolute atomic E-state index is 12.9. The molecule has 0 saturated carbocycles. The van der Waals surface area contributed by atoms with Crippen LogP contribution in [0.15, 0.2) is 0 Å². The van der Waals surface area contributed by atoms with Gasteiger partial charge in [0, 0.05) is 35.0 Å². The molecule has 0 aromatic rings. The summed E-state index contributed by atoms with van der Waals surface area (Å²) >= 11 is 0. The van der Waals surface area contributed by atoms with Gasteiger partial charge in [-0.05, 0) is 73.3 Å². The summed E-state index contributed by atoms with van der Waals surface area (Å²) in [5.41, 5.74) is -0.760. The van der Waals surface area contributed by atoms with Crippen LogP contribution >= 0.6 is 0 Å². The third kappa shape index (κ3) is 5.71. The van der Waals surface area contributed by atoms with Gasteiger partial charge in [0.1, 0.15) is 0 Å². The van der Waals surface area contributed by atoms with Gasteiger partial charge in [0.15, 0.2) is 0 Å². The molecule has 0 aromatic carbocycles. The Morgan fingerprint density at radius 3 is 1.96 bits per heavy atom. The van der Waals surface area contributed by atoms with Crippen LogP contribution in [0.3, 0.4) is 0 Å². The summed E-state index contributed by atoms with van der Waals surface area (Å²) in [6.07, 6.45) is 3.07. The Balaban J connectivity index is 2.79. The maximum atomic E-state index is 12.9. The first-order valence-corrected chi connectivity index (χ1v) is 10.8. The van der Waals surface area contributed by atoms with Gasteiger partial charge >= 0.3 is 0 Å². The molecule has 1 rings (SSSR count). The molecular formula is C23H45N3O2. The van der Waals surface area contributed by atoms with E-state index in [0.717, 1.165) is 19.3 Å². The summed E-state index contributed by atoms with van der Waals surface area (Å²) in [6, 6.07) is 0.169. The lowest BCUT2D eigenvalue weighted by molar-refractivity contribution is -0.131. The molecule has 0 radical (unpaired) electrons. The number of carbonyl (C=O) groups is 2. The molecule has 0 aromatic heterocycles. The number of hydrogen-bond donors (Lipinski definition) is 2. The van der Waals surface area contributed by atoms with E-state index >= 15 is 0 Å². The molecule has 5 heteroatoms. The van der Waals surface area contributed by atoms with E-state index in [-0.39, 0.29) is 40.3 Å². The number of hydrogen-bond acceptors (Lipinski definition) is 3. The lowest BCUT2D eigenvalue weighted by atomic mass is 9.71. The van der Waals surface area contributed by atoms with Gasteiger partial charge in [-0.1, -0.05) is 27.7 Å². The molecule has 1 saturated heterocycles. The summed E-state index contributed by atoms with van der Waals surface area (Å²) in [5.74, 6) is 0.101. The van der Waals surface area contributed by atoms with Crippen molar-refractivity contribution < 1.29 is 9.59 Å². The molecule has 28 heavy (non-hydrogen) atoms. The molecule has 0 bridgehead atoms. The van der Waals surface area contributed by atoms with Crippen molar-refractivity contribution in [2.24, 2.45) is 11.3 Å². The SMILES string of the molecule is CCC(C)C(=O)NC(C)(C)C(C)(C)CC(=O)NC1CC(C)(C)N(C)C(C)(C)C1. The molecule has 1 atom stereocenters. The van der Waals surface area contributed by atoms with Crippen molar-refractivity contribution >= 4 is 11.8 Å². The summed E-state index contributed by atoms with van der Waals surface area (Å²) in [7, 11) is 2.17.